The lowest BCUT2D eigenvalue weighted by molar-refractivity contribution is 0.0154. The summed E-state index contributed by atoms with van der Waals surface area (Å²) in [5.74, 6) is 0.786. The average molecular weight is 280 g/mol. The number of fused-ring (bicyclic) bond motifs is 2. The molecule has 0 aromatic heterocycles. The van der Waals surface area contributed by atoms with E-state index in [1.54, 1.807) is 0 Å². The maximum Gasteiger partial charge on any atom is 0.0602 e. The Morgan fingerprint density at radius 3 is 2.42 bits per heavy atom. The number of hydrogen-bond acceptors (Lipinski definition) is 1. The molecule has 0 saturated heterocycles. The van der Waals surface area contributed by atoms with Crippen LogP contribution in [0.5, 0.6) is 0 Å². The molecular formula is C10H17IO. The van der Waals surface area contributed by atoms with Crippen LogP contribution in [0.25, 0.3) is 0 Å². The monoisotopic (exact) mass is 280 g/mol. The summed E-state index contributed by atoms with van der Waals surface area (Å²) in [6, 6.07) is 0. The topological polar surface area (TPSA) is 20.2 Å². The first-order valence-corrected chi connectivity index (χ1v) is 6.31. The maximum absolute atomic E-state index is 9.94. The molecule has 4 atom stereocenters. The second kappa shape index (κ2) is 2.59. The van der Waals surface area contributed by atoms with Gasteiger partial charge in [0.2, 0.25) is 0 Å². The van der Waals surface area contributed by atoms with Gasteiger partial charge in [0.1, 0.15) is 0 Å². The van der Waals surface area contributed by atoms with Gasteiger partial charge in [-0.05, 0) is 36.0 Å². The average Bonchev–Trinajstić information content (AvgIpc) is 2.39. The Morgan fingerprint density at radius 1 is 1.50 bits per heavy atom. The fourth-order valence-electron chi connectivity index (χ4n) is 3.26. The van der Waals surface area contributed by atoms with Gasteiger partial charge >= 0.3 is 0 Å². The number of halogens is 1. The van der Waals surface area contributed by atoms with Crippen molar-refractivity contribution < 1.29 is 5.11 Å². The van der Waals surface area contributed by atoms with Crippen LogP contribution in [0, 0.1) is 16.7 Å². The van der Waals surface area contributed by atoms with Gasteiger partial charge in [0, 0.05) is 4.43 Å². The van der Waals surface area contributed by atoms with Gasteiger partial charge < -0.3 is 5.11 Å². The summed E-state index contributed by atoms with van der Waals surface area (Å²) in [6.07, 6.45) is 3.59. The Balaban J connectivity index is 2.38. The molecule has 0 aliphatic heterocycles. The third-order valence-electron chi connectivity index (χ3n) is 4.74. The second-order valence-electron chi connectivity index (χ2n) is 4.96. The molecule has 70 valence electrons. The molecule has 0 aromatic carbocycles. The fourth-order valence-corrected chi connectivity index (χ4v) is 4.76. The van der Waals surface area contributed by atoms with Gasteiger partial charge in [-0.1, -0.05) is 36.4 Å². The molecular weight excluding hydrogens is 263 g/mol. The number of rotatable bonds is 1. The summed E-state index contributed by atoms with van der Waals surface area (Å²) in [7, 11) is 0. The molecule has 2 aliphatic rings. The van der Waals surface area contributed by atoms with E-state index in [-0.39, 0.29) is 11.5 Å². The van der Waals surface area contributed by atoms with Gasteiger partial charge in [0.05, 0.1) is 6.10 Å². The van der Waals surface area contributed by atoms with E-state index in [1.165, 1.54) is 17.3 Å². The molecule has 2 aliphatic carbocycles. The molecule has 1 nitrogen and oxygen atoms in total. The molecule has 0 amide bonds. The van der Waals surface area contributed by atoms with E-state index in [0.29, 0.717) is 5.41 Å². The Hall–Kier alpha value is 0.690. The molecule has 2 rings (SSSR count). The van der Waals surface area contributed by atoms with E-state index in [9.17, 15) is 5.11 Å². The molecule has 0 aromatic rings. The Kier molecular flexibility index (Phi) is 2.00. The SMILES string of the molecule is C[C@]12CC[C@@H](C[C@@H]1O)[C@@]2(C)CI. The molecule has 0 radical (unpaired) electrons. The van der Waals surface area contributed by atoms with Crippen LogP contribution in [-0.4, -0.2) is 15.6 Å². The lowest BCUT2D eigenvalue weighted by atomic mass is 9.70. The van der Waals surface area contributed by atoms with Crippen LogP contribution in [0.4, 0.5) is 0 Å². The van der Waals surface area contributed by atoms with E-state index in [2.05, 4.69) is 36.4 Å². The van der Waals surface area contributed by atoms with Crippen LogP contribution in [0.1, 0.15) is 33.1 Å². The van der Waals surface area contributed by atoms with Crippen molar-refractivity contribution >= 4 is 22.6 Å². The lowest BCUT2D eigenvalue weighted by Crippen LogP contribution is -2.38. The van der Waals surface area contributed by atoms with Crippen molar-refractivity contribution in [3.8, 4) is 0 Å². The predicted octanol–water partition coefficient (Wildman–Crippen LogP) is 2.61. The highest BCUT2D eigenvalue weighted by molar-refractivity contribution is 14.1. The van der Waals surface area contributed by atoms with Crippen LogP contribution in [-0.2, 0) is 0 Å². The summed E-state index contributed by atoms with van der Waals surface area (Å²) in [6.45, 7) is 4.65. The Morgan fingerprint density at radius 2 is 2.17 bits per heavy atom. The van der Waals surface area contributed by atoms with Crippen molar-refractivity contribution in [1.29, 1.82) is 0 Å². The minimum Gasteiger partial charge on any atom is -0.393 e. The van der Waals surface area contributed by atoms with E-state index >= 15 is 0 Å². The van der Waals surface area contributed by atoms with Crippen molar-refractivity contribution in [3.63, 3.8) is 0 Å². The van der Waals surface area contributed by atoms with Crippen LogP contribution in [0.3, 0.4) is 0 Å². The molecule has 0 heterocycles. The highest BCUT2D eigenvalue weighted by Crippen LogP contribution is 2.66. The summed E-state index contributed by atoms with van der Waals surface area (Å²) in [5, 5.41) is 9.94. The second-order valence-corrected chi connectivity index (χ2v) is 5.72. The quantitative estimate of drug-likeness (QED) is 0.578. The van der Waals surface area contributed by atoms with E-state index in [0.717, 1.165) is 12.3 Å². The number of aliphatic hydroxyl groups excluding tert-OH is 1. The zero-order valence-corrected chi connectivity index (χ0v) is 9.97. The van der Waals surface area contributed by atoms with Crippen molar-refractivity contribution in [1.82, 2.24) is 0 Å². The third kappa shape index (κ3) is 0.834. The largest absolute Gasteiger partial charge is 0.393 e. The Bertz CT molecular complexity index is 204. The molecule has 2 bridgehead atoms. The van der Waals surface area contributed by atoms with Crippen molar-refractivity contribution in [2.45, 2.75) is 39.2 Å². The molecule has 1 N–H and O–H groups in total. The van der Waals surface area contributed by atoms with Crippen LogP contribution >= 0.6 is 22.6 Å². The number of alkyl halides is 1. The minimum absolute atomic E-state index is 0.0315. The van der Waals surface area contributed by atoms with Crippen LogP contribution in [0.15, 0.2) is 0 Å². The van der Waals surface area contributed by atoms with E-state index in [4.69, 9.17) is 0 Å². The molecule has 2 heteroatoms. The van der Waals surface area contributed by atoms with Crippen molar-refractivity contribution in [3.05, 3.63) is 0 Å². The summed E-state index contributed by atoms with van der Waals surface area (Å²) in [4.78, 5) is 0. The highest BCUT2D eigenvalue weighted by Gasteiger charge is 2.62. The summed E-state index contributed by atoms with van der Waals surface area (Å²) >= 11 is 2.49. The van der Waals surface area contributed by atoms with E-state index < -0.39 is 0 Å². The molecule has 12 heavy (non-hydrogen) atoms. The van der Waals surface area contributed by atoms with Gasteiger partial charge in [-0.3, -0.25) is 0 Å². The van der Waals surface area contributed by atoms with Crippen molar-refractivity contribution in [2.24, 2.45) is 16.7 Å². The summed E-state index contributed by atoms with van der Waals surface area (Å²) in [5.41, 5.74) is 0.631. The normalized spacial score (nSPS) is 58.0. The first-order valence-electron chi connectivity index (χ1n) is 4.78. The van der Waals surface area contributed by atoms with Gasteiger partial charge in [-0.25, -0.2) is 0 Å². The van der Waals surface area contributed by atoms with Gasteiger partial charge in [0.15, 0.2) is 0 Å². The molecule has 0 unspecified atom stereocenters. The standard InChI is InChI=1S/C10H17IO/c1-9-4-3-7(5-8(9)12)10(9,2)6-11/h7-8,12H,3-6H2,1-2H3/t7-,8-,9-,10+/m0/s1. The minimum atomic E-state index is -0.0315. The molecule has 2 fully saturated rings. The van der Waals surface area contributed by atoms with Gasteiger partial charge in [0.25, 0.3) is 0 Å². The van der Waals surface area contributed by atoms with Gasteiger partial charge in [-0.2, -0.15) is 0 Å². The first kappa shape index (κ1) is 9.25. The highest BCUT2D eigenvalue weighted by atomic mass is 127. The number of hydrogen-bond donors (Lipinski definition) is 1. The zero-order valence-electron chi connectivity index (χ0n) is 7.81. The van der Waals surface area contributed by atoms with Crippen LogP contribution in [0.2, 0.25) is 0 Å². The lowest BCUT2D eigenvalue weighted by Gasteiger charge is -2.38. The molecule has 0 spiro atoms. The van der Waals surface area contributed by atoms with Crippen LogP contribution < -0.4 is 0 Å². The Labute approximate surface area is 88.1 Å². The third-order valence-corrected chi connectivity index (χ3v) is 6.32. The molecule has 2 saturated carbocycles. The maximum atomic E-state index is 9.94. The van der Waals surface area contributed by atoms with E-state index in [1.807, 2.05) is 0 Å². The van der Waals surface area contributed by atoms with Crippen molar-refractivity contribution in [2.75, 3.05) is 4.43 Å². The number of aliphatic hydroxyl groups is 1. The zero-order chi connectivity index (χ0) is 8.98. The first-order chi connectivity index (χ1) is 5.54. The van der Waals surface area contributed by atoms with Gasteiger partial charge in [-0.15, -0.1) is 0 Å². The summed E-state index contributed by atoms with van der Waals surface area (Å²) < 4.78 is 1.20. The smallest absolute Gasteiger partial charge is 0.0602 e. The predicted molar refractivity (Wildman–Crippen MR) is 58.4 cm³/mol. The fraction of sp³-hybridized carbons (Fsp3) is 1.00.